The van der Waals surface area contributed by atoms with Gasteiger partial charge in [0, 0.05) is 60.8 Å². The van der Waals surface area contributed by atoms with Crippen LogP contribution in [0.3, 0.4) is 0 Å². The van der Waals surface area contributed by atoms with Crippen molar-refractivity contribution in [2.45, 2.75) is 69.1 Å². The van der Waals surface area contributed by atoms with Gasteiger partial charge in [-0.05, 0) is 69.0 Å². The molecule has 8 nitrogen and oxygen atoms in total. The predicted molar refractivity (Wildman–Crippen MR) is 144 cm³/mol. The van der Waals surface area contributed by atoms with E-state index in [0.29, 0.717) is 23.5 Å². The van der Waals surface area contributed by atoms with E-state index in [1.165, 1.54) is 19.8 Å². The van der Waals surface area contributed by atoms with Gasteiger partial charge in [-0.15, -0.1) is 0 Å². The van der Waals surface area contributed by atoms with Crippen molar-refractivity contribution in [3.8, 4) is 17.2 Å². The first kappa shape index (κ1) is 24.8. The summed E-state index contributed by atoms with van der Waals surface area (Å²) < 4.78 is 23.7. The molecular formula is C31H36N2O6. The molecule has 3 aliphatic carbocycles. The zero-order valence-electron chi connectivity index (χ0n) is 22.9. The minimum Gasteiger partial charge on any atom is -0.493 e. The average molecular weight is 533 g/mol. The molecule has 206 valence electrons. The van der Waals surface area contributed by atoms with E-state index in [1.807, 2.05) is 24.1 Å². The predicted octanol–water partition coefficient (Wildman–Crippen LogP) is 4.20. The number of ether oxygens (including phenoxy) is 3. The van der Waals surface area contributed by atoms with E-state index in [0.717, 1.165) is 67.1 Å². The SMILES string of the molecule is COc1cc(OC(C)=O)c2c3c1O[C@H]1[C@H](N(C)C(=O)/C=C/c4ccoc4)CC[C@H]4[C@@H](C2)N(CC2CC2)CC[C@@]341. The number of likely N-dealkylation sites (N-methyl/N-ethyl adjacent to an activating group) is 1. The summed E-state index contributed by atoms with van der Waals surface area (Å²) in [5.41, 5.74) is 2.85. The summed E-state index contributed by atoms with van der Waals surface area (Å²) in [7, 11) is 3.52. The van der Waals surface area contributed by atoms with Crippen LogP contribution in [0.25, 0.3) is 6.08 Å². The van der Waals surface area contributed by atoms with Crippen molar-refractivity contribution >= 4 is 18.0 Å². The standard InChI is InChI=1S/C31H36N2O6/c1-18(34)38-25-15-26(36-3)29-28-21(25)14-24-22-7-8-23(32(2)27(35)9-6-20-10-13-37-17-20)30(39-29)31(22,28)11-12-33(24)16-19-4-5-19/h6,9-10,13,15,17,19,22-24,30H,4-5,7-8,11-12,14,16H2,1-3H3/b9-6+/t22-,23+,24+,30-,31-/m0/s1. The Morgan fingerprint density at radius 3 is 2.79 bits per heavy atom. The van der Waals surface area contributed by atoms with Crippen LogP contribution < -0.4 is 14.2 Å². The second-order valence-electron chi connectivity index (χ2n) is 12.0. The number of esters is 1. The van der Waals surface area contributed by atoms with Gasteiger partial charge < -0.3 is 23.5 Å². The van der Waals surface area contributed by atoms with E-state index in [2.05, 4.69) is 4.90 Å². The van der Waals surface area contributed by atoms with E-state index in [-0.39, 0.29) is 29.4 Å². The smallest absolute Gasteiger partial charge is 0.308 e. The Labute approximate surface area is 228 Å². The highest BCUT2D eigenvalue weighted by molar-refractivity contribution is 5.92. The van der Waals surface area contributed by atoms with Crippen LogP contribution in [-0.2, 0) is 21.4 Å². The molecule has 2 saturated carbocycles. The van der Waals surface area contributed by atoms with Crippen LogP contribution in [0.4, 0.5) is 0 Å². The van der Waals surface area contributed by atoms with Gasteiger partial charge in [0.25, 0.3) is 0 Å². The maximum Gasteiger partial charge on any atom is 0.308 e. The molecule has 2 aliphatic heterocycles. The quantitative estimate of drug-likeness (QED) is 0.300. The molecule has 2 bridgehead atoms. The molecule has 0 N–H and O–H groups in total. The highest BCUT2D eigenvalue weighted by atomic mass is 16.5. The fourth-order valence-corrected chi connectivity index (χ4v) is 8.11. The van der Waals surface area contributed by atoms with Gasteiger partial charge in [0.2, 0.25) is 5.91 Å². The molecule has 0 unspecified atom stereocenters. The normalized spacial score (nSPS) is 30.5. The zero-order valence-corrected chi connectivity index (χ0v) is 22.9. The fraction of sp³-hybridized carbons (Fsp3) is 0.548. The van der Waals surface area contributed by atoms with E-state index in [4.69, 9.17) is 18.6 Å². The number of amides is 1. The van der Waals surface area contributed by atoms with Gasteiger partial charge in [0.15, 0.2) is 11.5 Å². The lowest BCUT2D eigenvalue weighted by atomic mass is 9.50. The first-order valence-corrected chi connectivity index (χ1v) is 14.2. The Hall–Kier alpha value is -3.26. The van der Waals surface area contributed by atoms with Crippen molar-refractivity contribution in [3.63, 3.8) is 0 Å². The summed E-state index contributed by atoms with van der Waals surface area (Å²) in [6.07, 6.45) is 12.8. The number of piperidine rings is 1. The number of rotatable bonds is 7. The number of nitrogens with zero attached hydrogens (tertiary/aromatic N) is 2. The molecule has 2 aromatic rings. The van der Waals surface area contributed by atoms with Gasteiger partial charge in [-0.25, -0.2) is 0 Å². The third kappa shape index (κ3) is 3.82. The van der Waals surface area contributed by atoms with Gasteiger partial charge >= 0.3 is 5.97 Å². The van der Waals surface area contributed by atoms with Crippen molar-refractivity contribution in [1.29, 1.82) is 0 Å². The highest BCUT2D eigenvalue weighted by Gasteiger charge is 2.67. The van der Waals surface area contributed by atoms with Crippen LogP contribution >= 0.6 is 0 Å². The molecule has 5 aliphatic rings. The second kappa shape index (κ2) is 9.15. The molecule has 8 heteroatoms. The Kier molecular flexibility index (Phi) is 5.81. The Morgan fingerprint density at radius 1 is 1.23 bits per heavy atom. The van der Waals surface area contributed by atoms with Crippen LogP contribution in [-0.4, -0.2) is 67.1 Å². The molecule has 39 heavy (non-hydrogen) atoms. The maximum atomic E-state index is 13.4. The van der Waals surface area contributed by atoms with E-state index in [1.54, 1.807) is 31.8 Å². The van der Waals surface area contributed by atoms with Crippen LogP contribution in [0.5, 0.6) is 17.2 Å². The molecule has 7 rings (SSSR count). The summed E-state index contributed by atoms with van der Waals surface area (Å²) in [5.74, 6) is 2.79. The molecule has 1 spiro atoms. The molecule has 3 fully saturated rings. The van der Waals surface area contributed by atoms with Gasteiger partial charge in [-0.2, -0.15) is 0 Å². The molecule has 1 amide bonds. The molecule has 3 heterocycles. The molecule has 1 aromatic carbocycles. The van der Waals surface area contributed by atoms with Crippen LogP contribution in [0.2, 0.25) is 0 Å². The zero-order chi connectivity index (χ0) is 26.9. The van der Waals surface area contributed by atoms with Gasteiger partial charge in [-0.1, -0.05) is 0 Å². The number of likely N-dealkylation sites (tertiary alicyclic amines) is 1. The number of carbonyl (C=O) groups excluding carboxylic acids is 2. The van der Waals surface area contributed by atoms with Crippen LogP contribution in [0.15, 0.2) is 35.2 Å². The van der Waals surface area contributed by atoms with Crippen LogP contribution in [0, 0.1) is 11.8 Å². The second-order valence-corrected chi connectivity index (χ2v) is 12.0. The number of hydrogen-bond donors (Lipinski definition) is 0. The highest BCUT2D eigenvalue weighted by Crippen LogP contribution is 2.66. The minimum atomic E-state index is -0.334. The number of hydrogen-bond acceptors (Lipinski definition) is 7. The molecule has 5 atom stereocenters. The Bertz CT molecular complexity index is 1330. The van der Waals surface area contributed by atoms with E-state index >= 15 is 0 Å². The third-order valence-electron chi connectivity index (χ3n) is 9.94. The molecule has 1 aromatic heterocycles. The largest absolute Gasteiger partial charge is 0.493 e. The number of furan rings is 1. The summed E-state index contributed by atoms with van der Waals surface area (Å²) in [4.78, 5) is 30.1. The summed E-state index contributed by atoms with van der Waals surface area (Å²) >= 11 is 0. The van der Waals surface area contributed by atoms with Gasteiger partial charge in [0.1, 0.15) is 11.9 Å². The van der Waals surface area contributed by atoms with Crippen molar-refractivity contribution in [3.05, 3.63) is 47.4 Å². The summed E-state index contributed by atoms with van der Waals surface area (Å²) in [5, 5.41) is 0. The Balaban J connectivity index is 1.30. The topological polar surface area (TPSA) is 81.5 Å². The number of benzene rings is 1. The lowest BCUT2D eigenvalue weighted by Crippen LogP contribution is -2.69. The molecule has 1 saturated heterocycles. The first-order valence-electron chi connectivity index (χ1n) is 14.2. The van der Waals surface area contributed by atoms with Crippen LogP contribution in [0.1, 0.15) is 55.7 Å². The van der Waals surface area contributed by atoms with Crippen molar-refractivity contribution in [1.82, 2.24) is 9.80 Å². The molecule has 0 radical (unpaired) electrons. The third-order valence-corrected chi connectivity index (χ3v) is 9.94. The molecular weight excluding hydrogens is 496 g/mol. The van der Waals surface area contributed by atoms with Gasteiger partial charge in [0.05, 0.1) is 25.7 Å². The Morgan fingerprint density at radius 2 is 2.08 bits per heavy atom. The van der Waals surface area contributed by atoms with Crippen molar-refractivity contribution in [2.24, 2.45) is 11.8 Å². The maximum absolute atomic E-state index is 13.4. The van der Waals surface area contributed by atoms with Gasteiger partial charge in [-0.3, -0.25) is 14.5 Å². The number of methoxy groups -OCH3 is 1. The fourth-order valence-electron chi connectivity index (χ4n) is 8.11. The van der Waals surface area contributed by atoms with E-state index < -0.39 is 0 Å². The minimum absolute atomic E-state index is 0.0538. The monoisotopic (exact) mass is 532 g/mol. The van der Waals surface area contributed by atoms with E-state index in [9.17, 15) is 9.59 Å². The lowest BCUT2D eigenvalue weighted by molar-refractivity contribution is -0.135. The van der Waals surface area contributed by atoms with Crippen molar-refractivity contribution in [2.75, 3.05) is 27.2 Å². The van der Waals surface area contributed by atoms with Crippen molar-refractivity contribution < 1.29 is 28.2 Å². The first-order chi connectivity index (χ1) is 18.9. The lowest BCUT2D eigenvalue weighted by Gasteiger charge is -2.60. The number of carbonyl (C=O) groups is 2. The summed E-state index contributed by atoms with van der Waals surface area (Å²) in [6, 6.07) is 3.94. The summed E-state index contributed by atoms with van der Waals surface area (Å²) in [6.45, 7) is 3.61. The average Bonchev–Trinajstić information content (AvgIpc) is 3.45.